The third-order valence-corrected chi connectivity index (χ3v) is 3.56. The first kappa shape index (κ1) is 15.1. The second-order valence-corrected chi connectivity index (χ2v) is 7.32. The number of rotatable bonds is 3. The average molecular weight is 336 g/mol. The molecule has 1 aromatic heterocycles. The van der Waals surface area contributed by atoms with Gasteiger partial charge in [-0.05, 0) is 33.5 Å². The molecule has 1 heterocycles. The quantitative estimate of drug-likeness (QED) is 0.626. The summed E-state index contributed by atoms with van der Waals surface area (Å²) < 4.78 is 28.5. The lowest BCUT2D eigenvalue weighted by Crippen LogP contribution is -2.19. The van der Waals surface area contributed by atoms with Gasteiger partial charge in [-0.3, -0.25) is 4.79 Å². The normalized spacial score (nSPS) is 12.2. The molecule has 0 fully saturated rings. The minimum atomic E-state index is -4.08. The fraction of sp³-hybridized carbons (Fsp3) is 0.455. The van der Waals surface area contributed by atoms with E-state index in [-0.39, 0.29) is 16.7 Å². The van der Waals surface area contributed by atoms with Gasteiger partial charge in [-0.25, -0.2) is 4.98 Å². The van der Waals surface area contributed by atoms with Crippen LogP contribution in [0, 0.1) is 5.41 Å². The number of pyridine rings is 1. The molecule has 100 valence electrons. The molecule has 18 heavy (non-hydrogen) atoms. The number of carbonyl (C=O) groups excluding carboxylic acids is 1. The van der Waals surface area contributed by atoms with Crippen molar-refractivity contribution in [2.45, 2.75) is 32.1 Å². The lowest BCUT2D eigenvalue weighted by Gasteiger charge is -2.16. The molecule has 0 aliphatic heterocycles. The van der Waals surface area contributed by atoms with Gasteiger partial charge in [0.25, 0.3) is 0 Å². The first-order chi connectivity index (χ1) is 8.10. The van der Waals surface area contributed by atoms with Gasteiger partial charge in [0, 0.05) is 0 Å². The lowest BCUT2D eigenvalue weighted by molar-refractivity contribution is -0.135. The van der Waals surface area contributed by atoms with Gasteiger partial charge >= 0.3 is 16.1 Å². The molecule has 0 saturated heterocycles. The Morgan fingerprint density at radius 1 is 1.39 bits per heavy atom. The van der Waals surface area contributed by atoms with E-state index in [2.05, 4.69) is 25.1 Å². The second-order valence-electron chi connectivity index (χ2n) is 4.96. The first-order valence-electron chi connectivity index (χ1n) is 5.19. The molecule has 0 unspecified atom stereocenters. The van der Waals surface area contributed by atoms with E-state index in [0.717, 1.165) is 6.20 Å². The lowest BCUT2D eigenvalue weighted by atomic mass is 9.93. The van der Waals surface area contributed by atoms with Gasteiger partial charge in [-0.2, -0.15) is 8.42 Å². The van der Waals surface area contributed by atoms with Gasteiger partial charge in [0.05, 0.1) is 12.6 Å². The van der Waals surface area contributed by atoms with Crippen LogP contribution < -0.4 is 0 Å². The Morgan fingerprint density at radius 3 is 2.44 bits per heavy atom. The van der Waals surface area contributed by atoms with Crippen molar-refractivity contribution in [3.05, 3.63) is 22.9 Å². The molecule has 0 atom stereocenters. The van der Waals surface area contributed by atoms with E-state index >= 15 is 0 Å². The van der Waals surface area contributed by atoms with Gasteiger partial charge in [-0.1, -0.05) is 20.8 Å². The molecule has 7 heteroatoms. The molecule has 0 amide bonds. The van der Waals surface area contributed by atoms with Crippen LogP contribution in [0.15, 0.2) is 27.8 Å². The summed E-state index contributed by atoms with van der Waals surface area (Å²) in [4.78, 5) is 15.1. The fourth-order valence-corrected chi connectivity index (χ4v) is 2.19. The standard InChI is InChI=1S/C11H14BrNO4S/c1-11(2,3)6-10(14)17-18(15,16)8-4-5-9(12)13-7-8/h4-5,7H,6H2,1-3H3. The van der Waals surface area contributed by atoms with Gasteiger partial charge < -0.3 is 4.18 Å². The minimum absolute atomic E-state index is 0.0240. The smallest absolute Gasteiger partial charge is 0.342 e. The zero-order valence-electron chi connectivity index (χ0n) is 10.3. The molecular formula is C11H14BrNO4S. The Balaban J connectivity index is 2.83. The van der Waals surface area contributed by atoms with Crippen molar-refractivity contribution in [3.63, 3.8) is 0 Å². The van der Waals surface area contributed by atoms with Gasteiger partial charge in [-0.15, -0.1) is 0 Å². The van der Waals surface area contributed by atoms with E-state index in [1.54, 1.807) is 0 Å². The summed E-state index contributed by atoms with van der Waals surface area (Å²) in [6.07, 6.45) is 1.15. The number of hydrogen-bond acceptors (Lipinski definition) is 5. The van der Waals surface area contributed by atoms with Crippen LogP contribution in [-0.2, 0) is 19.1 Å². The Labute approximate surface area is 115 Å². The highest BCUT2D eigenvalue weighted by Crippen LogP contribution is 2.21. The summed E-state index contributed by atoms with van der Waals surface area (Å²) in [5.41, 5.74) is -0.329. The molecule has 0 N–H and O–H groups in total. The van der Waals surface area contributed by atoms with Gasteiger partial charge in [0.15, 0.2) is 0 Å². The van der Waals surface area contributed by atoms with E-state index in [1.807, 2.05) is 20.8 Å². The summed E-state index contributed by atoms with van der Waals surface area (Å²) in [6.45, 7) is 5.46. The molecule has 0 aliphatic carbocycles. The molecule has 0 aromatic carbocycles. The van der Waals surface area contributed by atoms with Crippen LogP contribution in [0.2, 0.25) is 0 Å². The van der Waals surface area contributed by atoms with Crippen LogP contribution in [0.3, 0.4) is 0 Å². The molecule has 0 saturated carbocycles. The Kier molecular flexibility index (Phi) is 4.50. The predicted octanol–water partition coefficient (Wildman–Crippen LogP) is 2.51. The van der Waals surface area contributed by atoms with Crippen molar-refractivity contribution in [1.29, 1.82) is 0 Å². The highest BCUT2D eigenvalue weighted by molar-refractivity contribution is 9.10. The maximum absolute atomic E-state index is 11.7. The van der Waals surface area contributed by atoms with E-state index < -0.39 is 16.1 Å². The van der Waals surface area contributed by atoms with Crippen molar-refractivity contribution < 1.29 is 17.4 Å². The molecule has 1 rings (SSSR count). The average Bonchev–Trinajstić information content (AvgIpc) is 2.13. The van der Waals surface area contributed by atoms with Crippen LogP contribution >= 0.6 is 15.9 Å². The highest BCUT2D eigenvalue weighted by atomic mass is 79.9. The van der Waals surface area contributed by atoms with Crippen molar-refractivity contribution in [1.82, 2.24) is 4.98 Å². The molecule has 0 bridgehead atoms. The summed E-state index contributed by atoms with van der Waals surface area (Å²) in [7, 11) is -4.08. The topological polar surface area (TPSA) is 73.3 Å². The number of aromatic nitrogens is 1. The van der Waals surface area contributed by atoms with E-state index in [0.29, 0.717) is 4.60 Å². The first-order valence-corrected chi connectivity index (χ1v) is 7.39. The van der Waals surface area contributed by atoms with Crippen LogP contribution in [0.1, 0.15) is 27.2 Å². The monoisotopic (exact) mass is 335 g/mol. The summed E-state index contributed by atoms with van der Waals surface area (Å²) >= 11 is 3.09. The predicted molar refractivity (Wildman–Crippen MR) is 69.3 cm³/mol. The van der Waals surface area contributed by atoms with E-state index in [9.17, 15) is 13.2 Å². The van der Waals surface area contributed by atoms with Crippen LogP contribution in [0.5, 0.6) is 0 Å². The van der Waals surface area contributed by atoms with E-state index in [4.69, 9.17) is 0 Å². The molecule has 5 nitrogen and oxygen atoms in total. The number of nitrogens with zero attached hydrogens (tertiary/aromatic N) is 1. The largest absolute Gasteiger partial charge is 0.343 e. The van der Waals surface area contributed by atoms with Crippen molar-refractivity contribution in [2.75, 3.05) is 0 Å². The third kappa shape index (κ3) is 4.73. The molecule has 0 aliphatic rings. The summed E-state index contributed by atoms with van der Waals surface area (Å²) in [6, 6.07) is 2.78. The maximum Gasteiger partial charge on any atom is 0.343 e. The number of halogens is 1. The van der Waals surface area contributed by atoms with Gasteiger partial charge in [0.1, 0.15) is 9.50 Å². The third-order valence-electron chi connectivity index (χ3n) is 1.87. The Hall–Kier alpha value is -0.950. The Morgan fingerprint density at radius 2 is 2.00 bits per heavy atom. The molecule has 1 aromatic rings. The zero-order valence-corrected chi connectivity index (χ0v) is 12.7. The Bertz CT molecular complexity index is 531. The SMILES string of the molecule is CC(C)(C)CC(=O)OS(=O)(=O)c1ccc(Br)nc1. The number of hydrogen-bond donors (Lipinski definition) is 0. The molecule has 0 spiro atoms. The molecule has 0 radical (unpaired) electrons. The van der Waals surface area contributed by atoms with Crippen molar-refractivity contribution in [3.8, 4) is 0 Å². The maximum atomic E-state index is 11.7. The molecular weight excluding hydrogens is 322 g/mol. The van der Waals surface area contributed by atoms with Crippen LogP contribution in [-0.4, -0.2) is 19.4 Å². The summed E-state index contributed by atoms with van der Waals surface area (Å²) in [5, 5.41) is 0. The fourth-order valence-electron chi connectivity index (χ4n) is 1.14. The van der Waals surface area contributed by atoms with Crippen LogP contribution in [0.4, 0.5) is 0 Å². The second kappa shape index (κ2) is 5.36. The van der Waals surface area contributed by atoms with Crippen LogP contribution in [0.25, 0.3) is 0 Å². The van der Waals surface area contributed by atoms with E-state index in [1.165, 1.54) is 12.1 Å². The highest BCUT2D eigenvalue weighted by Gasteiger charge is 2.24. The zero-order chi connectivity index (χ0) is 14.0. The van der Waals surface area contributed by atoms with Gasteiger partial charge in [0.2, 0.25) is 0 Å². The minimum Gasteiger partial charge on any atom is -0.342 e. The number of carbonyl (C=O) groups is 1. The van der Waals surface area contributed by atoms with Crippen molar-refractivity contribution >= 4 is 32.0 Å². The summed E-state index contributed by atoms with van der Waals surface area (Å²) in [5.74, 6) is -0.773. The van der Waals surface area contributed by atoms with Crippen molar-refractivity contribution in [2.24, 2.45) is 5.41 Å².